The highest BCUT2D eigenvalue weighted by molar-refractivity contribution is 6.03. The van der Waals surface area contributed by atoms with Crippen LogP contribution in [-0.2, 0) is 0 Å². The van der Waals surface area contributed by atoms with E-state index >= 15 is 0 Å². The lowest BCUT2D eigenvalue weighted by Crippen LogP contribution is -1.96. The second-order valence-corrected chi connectivity index (χ2v) is 9.78. The van der Waals surface area contributed by atoms with Crippen molar-refractivity contribution >= 4 is 43.6 Å². The summed E-state index contributed by atoms with van der Waals surface area (Å²) in [7, 11) is 0. The highest BCUT2D eigenvalue weighted by atomic mass is 14.9. The maximum atomic E-state index is 5.09. The lowest BCUT2D eigenvalue weighted by molar-refractivity contribution is 1.23. The van der Waals surface area contributed by atoms with Crippen molar-refractivity contribution in [3.05, 3.63) is 128 Å². The Hall–Kier alpha value is -5.55. The number of nitrogens with zero attached hydrogens (tertiary/aromatic N) is 5. The number of pyridine rings is 3. The number of hydrogen-bond acceptors (Lipinski definition) is 5. The second-order valence-electron chi connectivity index (χ2n) is 9.78. The van der Waals surface area contributed by atoms with Gasteiger partial charge in [-0.25, -0.2) is 15.0 Å². The Balaban J connectivity index is 1.26. The van der Waals surface area contributed by atoms with Crippen LogP contribution in [0.15, 0.2) is 128 Å². The largest absolute Gasteiger partial charge is 0.255 e. The van der Waals surface area contributed by atoms with E-state index in [0.717, 1.165) is 71.7 Å². The Kier molecular flexibility index (Phi) is 5.07. The normalized spacial score (nSPS) is 11.5. The van der Waals surface area contributed by atoms with Gasteiger partial charge in [0, 0.05) is 50.6 Å². The van der Waals surface area contributed by atoms with Crippen molar-refractivity contribution in [1.29, 1.82) is 0 Å². The molecule has 5 heteroatoms. The predicted octanol–water partition coefficient (Wildman–Crippen LogP) is 8.28. The SMILES string of the molecule is c1cnc2c(-c3nc(-c4ccc(-c5ccc6ccc7cccnc7c6n5)cc4)c4ccccc4n3)cccc2c1. The van der Waals surface area contributed by atoms with Crippen molar-refractivity contribution in [2.75, 3.05) is 0 Å². The average molecular weight is 512 g/mol. The van der Waals surface area contributed by atoms with E-state index in [1.165, 1.54) is 0 Å². The summed E-state index contributed by atoms with van der Waals surface area (Å²) in [6.07, 6.45) is 3.63. The summed E-state index contributed by atoms with van der Waals surface area (Å²) in [4.78, 5) is 24.3. The monoisotopic (exact) mass is 511 g/mol. The van der Waals surface area contributed by atoms with Crippen LogP contribution in [0.3, 0.4) is 0 Å². The average Bonchev–Trinajstić information content (AvgIpc) is 3.04. The number of fused-ring (bicyclic) bond motifs is 5. The molecule has 8 rings (SSSR count). The van der Waals surface area contributed by atoms with Gasteiger partial charge in [0.25, 0.3) is 0 Å². The van der Waals surface area contributed by atoms with E-state index in [1.807, 2.05) is 54.9 Å². The van der Waals surface area contributed by atoms with Crippen molar-refractivity contribution in [1.82, 2.24) is 24.9 Å². The first-order chi connectivity index (χ1) is 19.8. The highest BCUT2D eigenvalue weighted by Gasteiger charge is 2.14. The molecule has 0 N–H and O–H groups in total. The van der Waals surface area contributed by atoms with Crippen molar-refractivity contribution < 1.29 is 0 Å². The van der Waals surface area contributed by atoms with Crippen molar-refractivity contribution in [2.45, 2.75) is 0 Å². The molecule has 0 saturated heterocycles. The second kappa shape index (κ2) is 9.03. The van der Waals surface area contributed by atoms with Crippen molar-refractivity contribution in [3.8, 4) is 33.9 Å². The maximum absolute atomic E-state index is 5.09. The fraction of sp³-hybridized carbons (Fsp3) is 0. The van der Waals surface area contributed by atoms with Gasteiger partial charge in [-0.05, 0) is 30.3 Å². The fourth-order valence-electron chi connectivity index (χ4n) is 5.39. The number of benzene rings is 4. The molecular weight excluding hydrogens is 490 g/mol. The van der Waals surface area contributed by atoms with Crippen LogP contribution in [0.2, 0.25) is 0 Å². The van der Waals surface area contributed by atoms with E-state index in [1.54, 1.807) is 0 Å². The van der Waals surface area contributed by atoms with Crippen LogP contribution >= 0.6 is 0 Å². The zero-order valence-electron chi connectivity index (χ0n) is 21.4. The zero-order chi connectivity index (χ0) is 26.5. The van der Waals surface area contributed by atoms with Gasteiger partial charge in [0.2, 0.25) is 0 Å². The van der Waals surface area contributed by atoms with Crippen LogP contribution in [0, 0.1) is 0 Å². The van der Waals surface area contributed by atoms with Crippen molar-refractivity contribution in [2.24, 2.45) is 0 Å². The Morgan fingerprint density at radius 1 is 0.425 bits per heavy atom. The minimum atomic E-state index is 0.664. The summed E-state index contributed by atoms with van der Waals surface area (Å²) in [5, 5.41) is 4.24. The van der Waals surface area contributed by atoms with Crippen molar-refractivity contribution in [3.63, 3.8) is 0 Å². The van der Waals surface area contributed by atoms with Gasteiger partial charge in [0.05, 0.1) is 33.5 Å². The number of para-hydroxylation sites is 2. The van der Waals surface area contributed by atoms with Gasteiger partial charge in [-0.3, -0.25) is 9.97 Å². The molecule has 0 atom stereocenters. The Morgan fingerprint density at radius 3 is 1.95 bits per heavy atom. The summed E-state index contributed by atoms with van der Waals surface area (Å²) >= 11 is 0. The Bertz CT molecular complexity index is 2220. The molecule has 0 spiro atoms. The first-order valence-electron chi connectivity index (χ1n) is 13.2. The molecule has 0 aliphatic heterocycles. The van der Waals surface area contributed by atoms with Gasteiger partial charge in [-0.2, -0.15) is 0 Å². The molecular formula is C35H21N5. The molecule has 4 aromatic heterocycles. The highest BCUT2D eigenvalue weighted by Crippen LogP contribution is 2.33. The third-order valence-electron chi connectivity index (χ3n) is 7.36. The molecule has 0 bridgehead atoms. The van der Waals surface area contributed by atoms with Gasteiger partial charge in [0.1, 0.15) is 0 Å². The molecule has 0 radical (unpaired) electrons. The standard InChI is InChI=1S/C35H21N5/c1-2-11-30-27(9-1)32(40-35(39-30)28-10-3-6-23-7-4-20-36-31(23)28)25-14-12-22(13-15-25)29-19-18-26-17-16-24-8-5-21-37-33(24)34(26)38-29/h1-21H. The van der Waals surface area contributed by atoms with Gasteiger partial charge < -0.3 is 0 Å². The van der Waals surface area contributed by atoms with Crippen LogP contribution in [0.5, 0.6) is 0 Å². The van der Waals surface area contributed by atoms with Crippen LogP contribution in [0.4, 0.5) is 0 Å². The summed E-state index contributed by atoms with van der Waals surface area (Å²) in [6.45, 7) is 0. The third-order valence-corrected chi connectivity index (χ3v) is 7.36. The lowest BCUT2D eigenvalue weighted by atomic mass is 10.0. The van der Waals surface area contributed by atoms with Gasteiger partial charge in [0.15, 0.2) is 5.82 Å². The van der Waals surface area contributed by atoms with E-state index in [9.17, 15) is 0 Å². The molecule has 40 heavy (non-hydrogen) atoms. The van der Waals surface area contributed by atoms with E-state index in [2.05, 4.69) is 82.8 Å². The number of hydrogen-bond donors (Lipinski definition) is 0. The van der Waals surface area contributed by atoms with Crippen LogP contribution in [0.25, 0.3) is 77.5 Å². The van der Waals surface area contributed by atoms with E-state index < -0.39 is 0 Å². The van der Waals surface area contributed by atoms with Gasteiger partial charge >= 0.3 is 0 Å². The molecule has 0 aliphatic carbocycles. The van der Waals surface area contributed by atoms with Crippen LogP contribution < -0.4 is 0 Å². The first kappa shape index (κ1) is 22.4. The first-order valence-corrected chi connectivity index (χ1v) is 13.2. The fourth-order valence-corrected chi connectivity index (χ4v) is 5.39. The summed E-state index contributed by atoms with van der Waals surface area (Å²) in [5.41, 5.74) is 8.40. The molecule has 186 valence electrons. The molecule has 8 aromatic rings. The predicted molar refractivity (Wildman–Crippen MR) is 162 cm³/mol. The number of aromatic nitrogens is 5. The molecule has 0 amide bonds. The zero-order valence-corrected chi connectivity index (χ0v) is 21.4. The Labute approximate surface area is 229 Å². The molecule has 0 fully saturated rings. The summed E-state index contributed by atoms with van der Waals surface area (Å²) < 4.78 is 0. The number of rotatable bonds is 3. The molecule has 0 aliphatic rings. The molecule has 0 unspecified atom stereocenters. The van der Waals surface area contributed by atoms with E-state index in [-0.39, 0.29) is 0 Å². The maximum Gasteiger partial charge on any atom is 0.162 e. The van der Waals surface area contributed by atoms with E-state index in [0.29, 0.717) is 5.82 Å². The lowest BCUT2D eigenvalue weighted by Gasteiger charge is -2.11. The topological polar surface area (TPSA) is 64.5 Å². The minimum absolute atomic E-state index is 0.664. The van der Waals surface area contributed by atoms with E-state index in [4.69, 9.17) is 15.0 Å². The molecule has 4 heterocycles. The van der Waals surface area contributed by atoms with Gasteiger partial charge in [-0.1, -0.05) is 84.9 Å². The van der Waals surface area contributed by atoms with Crippen LogP contribution in [0.1, 0.15) is 0 Å². The molecule has 0 saturated carbocycles. The quantitative estimate of drug-likeness (QED) is 0.223. The molecule has 4 aromatic carbocycles. The summed E-state index contributed by atoms with van der Waals surface area (Å²) in [5.74, 6) is 0.664. The minimum Gasteiger partial charge on any atom is -0.255 e. The summed E-state index contributed by atoms with van der Waals surface area (Å²) in [6, 6.07) is 39.1. The van der Waals surface area contributed by atoms with Gasteiger partial charge in [-0.15, -0.1) is 0 Å². The van der Waals surface area contributed by atoms with Crippen LogP contribution in [-0.4, -0.2) is 24.9 Å². The smallest absolute Gasteiger partial charge is 0.162 e. The third kappa shape index (κ3) is 3.68. The Morgan fingerprint density at radius 2 is 1.10 bits per heavy atom. The molecule has 5 nitrogen and oxygen atoms in total.